The molecular formula is C14H22N2O. The zero-order valence-corrected chi connectivity index (χ0v) is 10.4. The summed E-state index contributed by atoms with van der Waals surface area (Å²) < 4.78 is 0. The Hall–Kier alpha value is -1.22. The highest BCUT2D eigenvalue weighted by molar-refractivity contribution is 5.56. The van der Waals surface area contributed by atoms with Gasteiger partial charge in [-0.15, -0.1) is 0 Å². The fourth-order valence-corrected chi connectivity index (χ4v) is 2.46. The average Bonchev–Trinajstić information content (AvgIpc) is 2.32. The number of nitrogens with one attached hydrogen (secondary N) is 1. The van der Waals surface area contributed by atoms with Crippen LogP contribution in [0.1, 0.15) is 31.2 Å². The maximum absolute atomic E-state index is 9.89. The molecule has 2 rings (SSSR count). The van der Waals surface area contributed by atoms with E-state index in [4.69, 9.17) is 5.73 Å². The molecule has 1 aromatic rings. The van der Waals surface area contributed by atoms with E-state index in [9.17, 15) is 5.11 Å². The second-order valence-electron chi connectivity index (χ2n) is 5.06. The molecule has 94 valence electrons. The van der Waals surface area contributed by atoms with Crippen molar-refractivity contribution < 1.29 is 5.11 Å². The lowest BCUT2D eigenvalue weighted by atomic mass is 9.86. The number of benzene rings is 1. The molecule has 0 saturated heterocycles. The Balaban J connectivity index is 1.90. The van der Waals surface area contributed by atoms with Crippen molar-refractivity contribution in [2.75, 3.05) is 17.6 Å². The number of hydrogen-bond acceptors (Lipinski definition) is 3. The van der Waals surface area contributed by atoms with Crippen LogP contribution in [0.5, 0.6) is 0 Å². The minimum absolute atomic E-state index is 0.133. The van der Waals surface area contributed by atoms with Gasteiger partial charge in [-0.25, -0.2) is 0 Å². The van der Waals surface area contributed by atoms with Crippen molar-refractivity contribution in [1.82, 2.24) is 0 Å². The third kappa shape index (κ3) is 3.13. The van der Waals surface area contributed by atoms with Crippen LogP contribution >= 0.6 is 0 Å². The van der Waals surface area contributed by atoms with Gasteiger partial charge in [-0.3, -0.25) is 0 Å². The third-order valence-electron chi connectivity index (χ3n) is 3.71. The lowest BCUT2D eigenvalue weighted by molar-refractivity contribution is 0.0763. The van der Waals surface area contributed by atoms with E-state index >= 15 is 0 Å². The molecule has 0 bridgehead atoms. The van der Waals surface area contributed by atoms with E-state index in [2.05, 4.69) is 11.4 Å². The van der Waals surface area contributed by atoms with Crippen molar-refractivity contribution >= 4 is 11.4 Å². The molecule has 17 heavy (non-hydrogen) atoms. The van der Waals surface area contributed by atoms with Gasteiger partial charge in [0.25, 0.3) is 0 Å². The summed E-state index contributed by atoms with van der Waals surface area (Å²) in [6.45, 7) is 2.86. The largest absolute Gasteiger partial charge is 0.399 e. The van der Waals surface area contributed by atoms with E-state index in [0.717, 1.165) is 36.3 Å². The van der Waals surface area contributed by atoms with E-state index in [1.807, 2.05) is 19.1 Å². The number of nitrogen functional groups attached to an aromatic ring is 1. The van der Waals surface area contributed by atoms with Crippen LogP contribution < -0.4 is 11.1 Å². The predicted molar refractivity (Wildman–Crippen MR) is 72.0 cm³/mol. The van der Waals surface area contributed by atoms with Crippen LogP contribution in [0.2, 0.25) is 0 Å². The van der Waals surface area contributed by atoms with Crippen LogP contribution in [0.4, 0.5) is 11.4 Å². The minimum atomic E-state index is -0.133. The maximum Gasteiger partial charge on any atom is 0.0585 e. The monoisotopic (exact) mass is 234 g/mol. The van der Waals surface area contributed by atoms with Gasteiger partial charge in [0.05, 0.1) is 6.10 Å². The number of nitrogens with two attached hydrogens (primary N) is 1. The van der Waals surface area contributed by atoms with Crippen LogP contribution in [0, 0.1) is 12.8 Å². The first kappa shape index (κ1) is 12.2. The highest BCUT2D eigenvalue weighted by Gasteiger charge is 2.22. The molecule has 0 spiro atoms. The van der Waals surface area contributed by atoms with Crippen LogP contribution in [0.3, 0.4) is 0 Å². The Bertz CT molecular complexity index is 378. The van der Waals surface area contributed by atoms with Crippen LogP contribution in [0.15, 0.2) is 18.2 Å². The minimum Gasteiger partial charge on any atom is -0.399 e. The molecule has 2 unspecified atom stereocenters. The Morgan fingerprint density at radius 3 is 2.82 bits per heavy atom. The van der Waals surface area contributed by atoms with Crippen LogP contribution in [0.25, 0.3) is 0 Å². The second kappa shape index (κ2) is 5.41. The standard InChI is InChI=1S/C14H22N2O/c1-10-8-12(6-7-13(10)15)16-9-11-4-2-3-5-14(11)17/h6-8,11,14,16-17H,2-5,9,15H2,1H3. The summed E-state index contributed by atoms with van der Waals surface area (Å²) in [5.74, 6) is 0.390. The number of rotatable bonds is 3. The lowest BCUT2D eigenvalue weighted by Crippen LogP contribution is -2.30. The van der Waals surface area contributed by atoms with Crippen LogP contribution in [-0.2, 0) is 0 Å². The molecule has 0 aromatic heterocycles. The number of aryl methyl sites for hydroxylation is 1. The summed E-state index contributed by atoms with van der Waals surface area (Å²) in [5.41, 5.74) is 8.80. The lowest BCUT2D eigenvalue weighted by Gasteiger charge is -2.28. The van der Waals surface area contributed by atoms with Gasteiger partial charge < -0.3 is 16.2 Å². The fraction of sp³-hybridized carbons (Fsp3) is 0.571. The van der Waals surface area contributed by atoms with Gasteiger partial charge in [-0.1, -0.05) is 12.8 Å². The van der Waals surface area contributed by atoms with E-state index in [0.29, 0.717) is 5.92 Å². The van der Waals surface area contributed by atoms with E-state index in [1.54, 1.807) is 0 Å². The number of hydrogen-bond donors (Lipinski definition) is 3. The second-order valence-corrected chi connectivity index (χ2v) is 5.06. The molecule has 1 aliphatic carbocycles. The first-order chi connectivity index (χ1) is 8.16. The molecule has 2 atom stereocenters. The highest BCUT2D eigenvalue weighted by Crippen LogP contribution is 2.25. The molecular weight excluding hydrogens is 212 g/mol. The van der Waals surface area contributed by atoms with Crippen molar-refractivity contribution in [2.45, 2.75) is 38.7 Å². The molecule has 1 fully saturated rings. The maximum atomic E-state index is 9.89. The molecule has 0 heterocycles. The molecule has 0 aliphatic heterocycles. The van der Waals surface area contributed by atoms with Crippen molar-refractivity contribution in [3.63, 3.8) is 0 Å². The van der Waals surface area contributed by atoms with Gasteiger partial charge in [0.1, 0.15) is 0 Å². The van der Waals surface area contributed by atoms with E-state index < -0.39 is 0 Å². The van der Waals surface area contributed by atoms with Crippen molar-refractivity contribution in [3.05, 3.63) is 23.8 Å². The van der Waals surface area contributed by atoms with E-state index in [1.165, 1.54) is 12.8 Å². The topological polar surface area (TPSA) is 58.3 Å². The number of aliphatic hydroxyl groups is 1. The van der Waals surface area contributed by atoms with Crippen molar-refractivity contribution in [2.24, 2.45) is 5.92 Å². The number of aliphatic hydroxyl groups excluding tert-OH is 1. The van der Waals surface area contributed by atoms with Crippen molar-refractivity contribution in [3.8, 4) is 0 Å². The normalized spacial score (nSPS) is 24.6. The summed E-state index contributed by atoms with van der Waals surface area (Å²) >= 11 is 0. The summed E-state index contributed by atoms with van der Waals surface area (Å²) in [6.07, 6.45) is 4.35. The smallest absolute Gasteiger partial charge is 0.0585 e. The van der Waals surface area contributed by atoms with E-state index in [-0.39, 0.29) is 6.10 Å². The quantitative estimate of drug-likeness (QED) is 0.704. The molecule has 1 aromatic carbocycles. The first-order valence-corrected chi connectivity index (χ1v) is 6.45. The molecule has 3 heteroatoms. The van der Waals surface area contributed by atoms with Gasteiger partial charge in [0, 0.05) is 23.8 Å². The molecule has 1 aliphatic rings. The Morgan fingerprint density at radius 1 is 1.35 bits per heavy atom. The summed E-state index contributed by atoms with van der Waals surface area (Å²) in [4.78, 5) is 0. The zero-order chi connectivity index (χ0) is 12.3. The summed E-state index contributed by atoms with van der Waals surface area (Å²) in [6, 6.07) is 5.98. The van der Waals surface area contributed by atoms with Gasteiger partial charge in [0.2, 0.25) is 0 Å². The molecule has 0 radical (unpaired) electrons. The number of anilines is 2. The Morgan fingerprint density at radius 2 is 2.12 bits per heavy atom. The summed E-state index contributed by atoms with van der Waals surface area (Å²) in [7, 11) is 0. The highest BCUT2D eigenvalue weighted by atomic mass is 16.3. The fourth-order valence-electron chi connectivity index (χ4n) is 2.46. The molecule has 4 N–H and O–H groups in total. The van der Waals surface area contributed by atoms with Gasteiger partial charge in [0.15, 0.2) is 0 Å². The average molecular weight is 234 g/mol. The van der Waals surface area contributed by atoms with Gasteiger partial charge >= 0.3 is 0 Å². The zero-order valence-electron chi connectivity index (χ0n) is 10.4. The third-order valence-corrected chi connectivity index (χ3v) is 3.71. The van der Waals surface area contributed by atoms with Gasteiger partial charge in [-0.05, 0) is 43.5 Å². The van der Waals surface area contributed by atoms with Crippen LogP contribution in [-0.4, -0.2) is 17.8 Å². The molecule has 1 saturated carbocycles. The summed E-state index contributed by atoms with van der Waals surface area (Å²) in [5, 5.41) is 13.3. The first-order valence-electron chi connectivity index (χ1n) is 6.45. The Kier molecular flexibility index (Phi) is 3.89. The molecule has 3 nitrogen and oxygen atoms in total. The Labute approximate surface area is 103 Å². The predicted octanol–water partition coefficient (Wildman–Crippen LogP) is 2.54. The van der Waals surface area contributed by atoms with Crippen molar-refractivity contribution in [1.29, 1.82) is 0 Å². The van der Waals surface area contributed by atoms with Gasteiger partial charge in [-0.2, -0.15) is 0 Å². The SMILES string of the molecule is Cc1cc(NCC2CCCCC2O)ccc1N. The molecule has 0 amide bonds.